The smallest absolute Gasteiger partial charge is 0.410 e. The summed E-state index contributed by atoms with van der Waals surface area (Å²) in [6.45, 7) is 8.24. The van der Waals surface area contributed by atoms with E-state index in [0.717, 1.165) is 5.56 Å². The van der Waals surface area contributed by atoms with Crippen LogP contribution in [0.1, 0.15) is 39.7 Å². The molecule has 0 fully saturated rings. The van der Waals surface area contributed by atoms with E-state index in [1.807, 2.05) is 32.9 Å². The van der Waals surface area contributed by atoms with E-state index in [1.54, 1.807) is 38.2 Å². The zero-order valence-electron chi connectivity index (χ0n) is 19.4. The number of hydrogen-bond donors (Lipinski definition) is 0. The molecule has 0 spiro atoms. The number of rotatable bonds is 13. The molecule has 0 bridgehead atoms. The molecule has 0 heterocycles. The number of carbonyl (C=O) groups is 2. The Bertz CT molecular complexity index is 725. The third kappa shape index (κ3) is 10.7. The van der Waals surface area contributed by atoms with Crippen molar-refractivity contribution in [2.24, 2.45) is 0 Å². The van der Waals surface area contributed by atoms with Crippen molar-refractivity contribution in [3.05, 3.63) is 36.1 Å². The summed E-state index contributed by atoms with van der Waals surface area (Å²) in [6, 6.07) is 5.44. The molecule has 1 amide bonds. The number of ether oxygens (including phenoxy) is 5. The number of allylic oxidation sites excluding steroid dienone is 1. The molecule has 8 nitrogen and oxygen atoms in total. The van der Waals surface area contributed by atoms with Crippen LogP contribution < -0.4 is 9.47 Å². The van der Waals surface area contributed by atoms with E-state index in [9.17, 15) is 9.59 Å². The number of hydrogen-bond acceptors (Lipinski definition) is 7. The molecule has 0 saturated heterocycles. The van der Waals surface area contributed by atoms with Crippen molar-refractivity contribution in [2.75, 3.05) is 40.6 Å². The summed E-state index contributed by atoms with van der Waals surface area (Å²) in [4.78, 5) is 26.0. The van der Waals surface area contributed by atoms with Gasteiger partial charge in [-0.1, -0.05) is 6.08 Å². The zero-order valence-corrected chi connectivity index (χ0v) is 19.4. The molecule has 0 aliphatic heterocycles. The summed E-state index contributed by atoms with van der Waals surface area (Å²) < 4.78 is 26.6. The van der Waals surface area contributed by atoms with Gasteiger partial charge in [-0.25, -0.2) is 4.79 Å². The Morgan fingerprint density at radius 3 is 2.45 bits per heavy atom. The van der Waals surface area contributed by atoms with Crippen LogP contribution in [-0.2, 0) is 25.5 Å². The van der Waals surface area contributed by atoms with E-state index in [0.29, 0.717) is 37.6 Å². The predicted molar refractivity (Wildman–Crippen MR) is 117 cm³/mol. The molecule has 174 valence electrons. The molecule has 8 heteroatoms. The molecular formula is C23H35NO7. The normalized spacial score (nSPS) is 11.3. The first-order chi connectivity index (χ1) is 14.7. The van der Waals surface area contributed by atoms with E-state index in [4.69, 9.17) is 23.7 Å². The molecule has 0 N–H and O–H groups in total. The predicted octanol–water partition coefficient (Wildman–Crippen LogP) is 3.97. The minimum atomic E-state index is -0.616. The SMILES string of the molecule is C/C=C\OCC(=O)COCCCN(Cc1ccc(OC)cc1OC)C(=O)OC(C)(C)C. The second-order valence-electron chi connectivity index (χ2n) is 7.80. The maximum atomic E-state index is 12.7. The van der Waals surface area contributed by atoms with Crippen molar-refractivity contribution >= 4 is 11.9 Å². The second-order valence-corrected chi connectivity index (χ2v) is 7.80. The lowest BCUT2D eigenvalue weighted by molar-refractivity contribution is -0.126. The highest BCUT2D eigenvalue weighted by atomic mass is 16.6. The molecule has 1 aromatic rings. The number of Topliss-reactive ketones (excluding diaryl/α,β-unsaturated/α-hetero) is 1. The Balaban J connectivity index is 2.69. The van der Waals surface area contributed by atoms with Crippen LogP contribution in [0.4, 0.5) is 4.79 Å². The van der Waals surface area contributed by atoms with E-state index in [-0.39, 0.29) is 19.0 Å². The maximum absolute atomic E-state index is 12.7. The van der Waals surface area contributed by atoms with Gasteiger partial charge in [-0.05, 0) is 46.2 Å². The van der Waals surface area contributed by atoms with Crippen molar-refractivity contribution in [2.45, 2.75) is 46.3 Å². The standard InChI is InChI=1S/C23H35NO7/c1-7-12-29-16-19(25)17-30-13-8-11-24(22(26)31-23(2,3)4)15-18-9-10-20(27-5)14-21(18)28-6/h7,9-10,12,14H,8,11,13,15-17H2,1-6H3/b12-7-. The van der Waals surface area contributed by atoms with Crippen LogP contribution in [-0.4, -0.2) is 63.0 Å². The van der Waals surface area contributed by atoms with Gasteiger partial charge in [0, 0.05) is 24.8 Å². The molecule has 0 aliphatic carbocycles. The molecule has 0 aliphatic rings. The van der Waals surface area contributed by atoms with Gasteiger partial charge in [0.05, 0.1) is 27.0 Å². The van der Waals surface area contributed by atoms with Gasteiger partial charge in [-0.2, -0.15) is 0 Å². The number of nitrogens with zero attached hydrogens (tertiary/aromatic N) is 1. The molecule has 1 rings (SSSR count). The van der Waals surface area contributed by atoms with E-state index < -0.39 is 11.7 Å². The summed E-state index contributed by atoms with van der Waals surface area (Å²) in [5.74, 6) is 1.14. The van der Waals surface area contributed by atoms with Crippen LogP contribution in [0.3, 0.4) is 0 Å². The molecule has 0 atom stereocenters. The molecule has 0 aromatic heterocycles. The highest BCUT2D eigenvalue weighted by molar-refractivity contribution is 5.80. The fraction of sp³-hybridized carbons (Fsp3) is 0.565. The molecular weight excluding hydrogens is 402 g/mol. The lowest BCUT2D eigenvalue weighted by Crippen LogP contribution is -2.37. The van der Waals surface area contributed by atoms with Gasteiger partial charge < -0.3 is 28.6 Å². The molecule has 0 saturated carbocycles. The second kappa shape index (κ2) is 13.5. The largest absolute Gasteiger partial charge is 0.497 e. The summed E-state index contributed by atoms with van der Waals surface area (Å²) in [7, 11) is 3.15. The highest BCUT2D eigenvalue weighted by Gasteiger charge is 2.23. The Kier molecular flexibility index (Phi) is 11.5. The Hall–Kier alpha value is -2.74. The first-order valence-corrected chi connectivity index (χ1v) is 10.2. The van der Waals surface area contributed by atoms with Crippen LogP contribution in [0.15, 0.2) is 30.5 Å². The third-order valence-corrected chi connectivity index (χ3v) is 3.96. The van der Waals surface area contributed by atoms with Crippen LogP contribution in [0.2, 0.25) is 0 Å². The topological polar surface area (TPSA) is 83.5 Å². The van der Waals surface area contributed by atoms with Crippen molar-refractivity contribution in [1.82, 2.24) is 4.90 Å². The maximum Gasteiger partial charge on any atom is 0.410 e. The fourth-order valence-electron chi connectivity index (χ4n) is 2.57. The number of amides is 1. The Labute approximate surface area is 185 Å². The first-order valence-electron chi connectivity index (χ1n) is 10.2. The lowest BCUT2D eigenvalue weighted by atomic mass is 10.1. The first kappa shape index (κ1) is 26.3. The van der Waals surface area contributed by atoms with Gasteiger partial charge in [0.15, 0.2) is 5.78 Å². The van der Waals surface area contributed by atoms with E-state index in [1.165, 1.54) is 6.26 Å². The monoisotopic (exact) mass is 437 g/mol. The zero-order chi connectivity index (χ0) is 23.3. The van der Waals surface area contributed by atoms with E-state index in [2.05, 4.69) is 0 Å². The highest BCUT2D eigenvalue weighted by Crippen LogP contribution is 2.26. The van der Waals surface area contributed by atoms with Gasteiger partial charge in [-0.15, -0.1) is 0 Å². The summed E-state index contributed by atoms with van der Waals surface area (Å²) in [5, 5.41) is 0. The molecule has 1 aromatic carbocycles. The van der Waals surface area contributed by atoms with Crippen molar-refractivity contribution in [3.8, 4) is 11.5 Å². The van der Waals surface area contributed by atoms with Crippen molar-refractivity contribution < 1.29 is 33.3 Å². The molecule has 31 heavy (non-hydrogen) atoms. The summed E-state index contributed by atoms with van der Waals surface area (Å²) in [6.07, 6.45) is 3.28. The Morgan fingerprint density at radius 2 is 1.84 bits per heavy atom. The van der Waals surface area contributed by atoms with Gasteiger partial charge in [0.2, 0.25) is 0 Å². The van der Waals surface area contributed by atoms with Gasteiger partial charge in [-0.3, -0.25) is 4.79 Å². The van der Waals surface area contributed by atoms with Crippen LogP contribution in [0.5, 0.6) is 11.5 Å². The third-order valence-electron chi connectivity index (χ3n) is 3.96. The van der Waals surface area contributed by atoms with Crippen LogP contribution in [0.25, 0.3) is 0 Å². The van der Waals surface area contributed by atoms with Crippen LogP contribution in [0, 0.1) is 0 Å². The number of ketones is 1. The van der Waals surface area contributed by atoms with Gasteiger partial charge >= 0.3 is 6.09 Å². The lowest BCUT2D eigenvalue weighted by Gasteiger charge is -2.28. The minimum Gasteiger partial charge on any atom is -0.497 e. The Morgan fingerprint density at radius 1 is 1.10 bits per heavy atom. The molecule has 0 radical (unpaired) electrons. The summed E-state index contributed by atoms with van der Waals surface area (Å²) in [5.41, 5.74) is 0.209. The van der Waals surface area contributed by atoms with Gasteiger partial charge in [0.25, 0.3) is 0 Å². The van der Waals surface area contributed by atoms with Crippen molar-refractivity contribution in [3.63, 3.8) is 0 Å². The summed E-state index contributed by atoms with van der Waals surface area (Å²) >= 11 is 0. The number of benzene rings is 1. The van der Waals surface area contributed by atoms with Crippen LogP contribution >= 0.6 is 0 Å². The number of methoxy groups -OCH3 is 2. The average molecular weight is 438 g/mol. The van der Waals surface area contributed by atoms with E-state index >= 15 is 0 Å². The average Bonchev–Trinajstić information content (AvgIpc) is 2.71. The number of carbonyl (C=O) groups excluding carboxylic acids is 2. The van der Waals surface area contributed by atoms with Gasteiger partial charge in [0.1, 0.15) is 30.3 Å². The fourth-order valence-corrected chi connectivity index (χ4v) is 2.57. The quantitative estimate of drug-likeness (QED) is 0.341. The van der Waals surface area contributed by atoms with Crippen molar-refractivity contribution in [1.29, 1.82) is 0 Å². The minimum absolute atomic E-state index is 0.0222. The molecule has 0 unspecified atom stereocenters.